The average molecular weight is 509 g/mol. The summed E-state index contributed by atoms with van der Waals surface area (Å²) >= 11 is 1.76. The zero-order valence-electron chi connectivity index (χ0n) is 21.3. The zero-order valence-corrected chi connectivity index (χ0v) is 22.2. The fourth-order valence-corrected chi connectivity index (χ4v) is 6.02. The van der Waals surface area contributed by atoms with Gasteiger partial charge in [0, 0.05) is 23.5 Å². The van der Waals surface area contributed by atoms with Crippen molar-refractivity contribution < 1.29 is 9.59 Å². The van der Waals surface area contributed by atoms with Gasteiger partial charge >= 0.3 is 0 Å². The molecule has 0 bridgehead atoms. The third-order valence-electron chi connectivity index (χ3n) is 6.84. The number of carbonyl (C=O) groups is 2. The quantitative estimate of drug-likeness (QED) is 0.279. The van der Waals surface area contributed by atoms with Crippen LogP contribution >= 0.6 is 11.3 Å². The Labute approximate surface area is 223 Å². The molecule has 5 rings (SSSR count). The maximum absolute atomic E-state index is 13.8. The van der Waals surface area contributed by atoms with Gasteiger partial charge in [-0.25, -0.2) is 0 Å². The van der Waals surface area contributed by atoms with Crippen molar-refractivity contribution in [1.29, 1.82) is 0 Å². The van der Waals surface area contributed by atoms with Crippen LogP contribution in [0, 0.1) is 5.92 Å². The Morgan fingerprint density at radius 3 is 2.22 bits per heavy atom. The number of benzene rings is 3. The third-order valence-corrected chi connectivity index (χ3v) is 7.84. The summed E-state index contributed by atoms with van der Waals surface area (Å²) in [6.07, 6.45) is 0.848. The van der Waals surface area contributed by atoms with Crippen LogP contribution in [0.25, 0.3) is 11.1 Å². The van der Waals surface area contributed by atoms with Gasteiger partial charge in [0.25, 0.3) is 5.91 Å². The van der Waals surface area contributed by atoms with Gasteiger partial charge < -0.3 is 9.80 Å². The second-order valence-electron chi connectivity index (χ2n) is 9.97. The molecule has 5 heteroatoms. The number of hydrogen-bond donors (Lipinski definition) is 0. The fraction of sp³-hybridized carbons (Fsp3) is 0.250. The highest BCUT2D eigenvalue weighted by atomic mass is 32.1. The zero-order chi connectivity index (χ0) is 25.8. The van der Waals surface area contributed by atoms with Crippen LogP contribution in [-0.2, 0) is 11.2 Å². The smallest absolute Gasteiger partial charge is 0.254 e. The van der Waals surface area contributed by atoms with Gasteiger partial charge in [-0.15, -0.1) is 11.3 Å². The highest BCUT2D eigenvalue weighted by molar-refractivity contribution is 7.10. The number of fused-ring (bicyclic) bond motifs is 1. The van der Waals surface area contributed by atoms with E-state index in [2.05, 4.69) is 49.6 Å². The molecule has 2 heterocycles. The van der Waals surface area contributed by atoms with Crippen molar-refractivity contribution >= 4 is 23.2 Å². The first-order valence-electron chi connectivity index (χ1n) is 12.9. The second kappa shape index (κ2) is 11.1. The molecule has 0 aliphatic carbocycles. The Balaban J connectivity index is 1.38. The van der Waals surface area contributed by atoms with Crippen molar-refractivity contribution in [3.05, 3.63) is 118 Å². The summed E-state index contributed by atoms with van der Waals surface area (Å²) in [4.78, 5) is 32.4. The lowest BCUT2D eigenvalue weighted by molar-refractivity contribution is -0.134. The van der Waals surface area contributed by atoms with E-state index in [0.29, 0.717) is 18.7 Å². The molecule has 0 N–H and O–H groups in total. The van der Waals surface area contributed by atoms with E-state index in [1.165, 1.54) is 10.4 Å². The van der Waals surface area contributed by atoms with Crippen LogP contribution in [0.5, 0.6) is 0 Å². The van der Waals surface area contributed by atoms with Crippen molar-refractivity contribution in [2.45, 2.75) is 26.3 Å². The van der Waals surface area contributed by atoms with Crippen LogP contribution in [0.15, 0.2) is 96.4 Å². The van der Waals surface area contributed by atoms with Crippen LogP contribution in [0.3, 0.4) is 0 Å². The number of hydrogen-bond acceptors (Lipinski definition) is 3. The third kappa shape index (κ3) is 5.52. The minimum Gasteiger partial charge on any atom is -0.330 e. The van der Waals surface area contributed by atoms with E-state index in [9.17, 15) is 9.59 Å². The maximum atomic E-state index is 13.8. The molecule has 0 spiro atoms. The van der Waals surface area contributed by atoms with E-state index in [-0.39, 0.29) is 30.3 Å². The lowest BCUT2D eigenvalue weighted by atomic mass is 9.93. The Kier molecular flexibility index (Phi) is 7.52. The van der Waals surface area contributed by atoms with Crippen molar-refractivity contribution in [1.82, 2.24) is 9.80 Å². The topological polar surface area (TPSA) is 40.6 Å². The van der Waals surface area contributed by atoms with E-state index in [1.807, 2.05) is 65.6 Å². The van der Waals surface area contributed by atoms with E-state index < -0.39 is 0 Å². The van der Waals surface area contributed by atoms with E-state index in [0.717, 1.165) is 23.1 Å². The largest absolute Gasteiger partial charge is 0.330 e. The highest BCUT2D eigenvalue weighted by Crippen LogP contribution is 2.37. The normalized spacial score (nSPS) is 14.9. The average Bonchev–Trinajstić information content (AvgIpc) is 3.41. The molecule has 1 aliphatic heterocycles. The van der Waals surface area contributed by atoms with Crippen LogP contribution in [0.1, 0.15) is 46.3 Å². The summed E-state index contributed by atoms with van der Waals surface area (Å²) in [7, 11) is 0. The molecule has 1 atom stereocenters. The first-order chi connectivity index (χ1) is 18.0. The molecule has 0 saturated heterocycles. The van der Waals surface area contributed by atoms with Gasteiger partial charge in [0.05, 0.1) is 6.04 Å². The van der Waals surface area contributed by atoms with Crippen molar-refractivity contribution in [3.63, 3.8) is 0 Å². The maximum Gasteiger partial charge on any atom is 0.254 e. The summed E-state index contributed by atoms with van der Waals surface area (Å²) in [5.74, 6) is 0.127. The van der Waals surface area contributed by atoms with E-state index >= 15 is 0 Å². The molecule has 4 aromatic rings. The number of rotatable bonds is 7. The van der Waals surface area contributed by atoms with Gasteiger partial charge in [-0.3, -0.25) is 9.59 Å². The van der Waals surface area contributed by atoms with Gasteiger partial charge in [-0.1, -0.05) is 86.6 Å². The highest BCUT2D eigenvalue weighted by Gasteiger charge is 2.34. The number of carbonyl (C=O) groups excluding carboxylic acids is 2. The van der Waals surface area contributed by atoms with E-state index in [1.54, 1.807) is 16.2 Å². The summed E-state index contributed by atoms with van der Waals surface area (Å²) < 4.78 is 0. The number of amides is 2. The van der Waals surface area contributed by atoms with Gasteiger partial charge in [-0.2, -0.15) is 0 Å². The molecule has 1 aromatic heterocycles. The first-order valence-corrected chi connectivity index (χ1v) is 13.7. The van der Waals surface area contributed by atoms with Crippen LogP contribution < -0.4 is 0 Å². The second-order valence-corrected chi connectivity index (χ2v) is 11.0. The minimum atomic E-state index is -0.121. The van der Waals surface area contributed by atoms with Gasteiger partial charge in [0.2, 0.25) is 5.91 Å². The molecule has 37 heavy (non-hydrogen) atoms. The Hall–Kier alpha value is -3.70. The van der Waals surface area contributed by atoms with Crippen LogP contribution in [-0.4, -0.2) is 41.2 Å². The molecule has 0 fully saturated rings. The van der Waals surface area contributed by atoms with Gasteiger partial charge in [-0.05, 0) is 58.2 Å². The molecule has 4 nitrogen and oxygen atoms in total. The predicted octanol–water partition coefficient (Wildman–Crippen LogP) is 6.69. The first kappa shape index (κ1) is 25.0. The van der Waals surface area contributed by atoms with Crippen molar-refractivity contribution in [2.24, 2.45) is 5.92 Å². The van der Waals surface area contributed by atoms with Gasteiger partial charge in [0.15, 0.2) is 0 Å². The SMILES string of the molecule is CC(C)CN(CC(=O)N1CCc2sccc2C1c1ccccc1)C(=O)c1ccc(-c2ccccc2)cc1. The fourth-order valence-electron chi connectivity index (χ4n) is 5.11. The standard InChI is InChI=1S/C32H32N2O2S/c1-23(2)21-33(32(36)27-15-13-25(14-16-27)24-9-5-3-6-10-24)22-30(35)34-19-17-29-28(18-20-37-29)31(34)26-11-7-4-8-12-26/h3-16,18,20,23,31H,17,19,21-22H2,1-2H3. The molecule has 1 aliphatic rings. The Morgan fingerprint density at radius 1 is 0.892 bits per heavy atom. The van der Waals surface area contributed by atoms with Gasteiger partial charge in [0.1, 0.15) is 6.54 Å². The number of thiophene rings is 1. The minimum absolute atomic E-state index is 0.0133. The van der Waals surface area contributed by atoms with Crippen LogP contribution in [0.4, 0.5) is 0 Å². The van der Waals surface area contributed by atoms with Crippen LogP contribution in [0.2, 0.25) is 0 Å². The summed E-state index contributed by atoms with van der Waals surface area (Å²) in [6, 6.07) is 30.0. The van der Waals surface area contributed by atoms with Crippen molar-refractivity contribution in [3.8, 4) is 11.1 Å². The monoisotopic (exact) mass is 508 g/mol. The predicted molar refractivity (Wildman–Crippen MR) is 151 cm³/mol. The van der Waals surface area contributed by atoms with Crippen molar-refractivity contribution in [2.75, 3.05) is 19.6 Å². The Bertz CT molecular complexity index is 1350. The molecular formula is C32H32N2O2S. The lowest BCUT2D eigenvalue weighted by Crippen LogP contribution is -2.47. The Morgan fingerprint density at radius 2 is 1.54 bits per heavy atom. The molecular weight excluding hydrogens is 476 g/mol. The molecule has 188 valence electrons. The number of nitrogens with zero attached hydrogens (tertiary/aromatic N) is 2. The van der Waals surface area contributed by atoms with E-state index in [4.69, 9.17) is 0 Å². The lowest BCUT2D eigenvalue weighted by Gasteiger charge is -2.38. The molecule has 3 aromatic carbocycles. The molecule has 1 unspecified atom stereocenters. The molecule has 0 saturated carbocycles. The molecule has 2 amide bonds. The summed E-state index contributed by atoms with van der Waals surface area (Å²) in [5.41, 5.74) is 5.09. The summed E-state index contributed by atoms with van der Waals surface area (Å²) in [6.45, 7) is 5.41. The summed E-state index contributed by atoms with van der Waals surface area (Å²) in [5, 5.41) is 2.11. The molecule has 0 radical (unpaired) electrons.